The van der Waals surface area contributed by atoms with Gasteiger partial charge in [-0.1, -0.05) is 6.07 Å². The van der Waals surface area contributed by atoms with Gasteiger partial charge >= 0.3 is 0 Å². The Morgan fingerprint density at radius 1 is 1.26 bits per heavy atom. The fourth-order valence-electron chi connectivity index (χ4n) is 3.42. The molecule has 9 heteroatoms. The maximum absolute atomic E-state index is 14.7. The van der Waals surface area contributed by atoms with Gasteiger partial charge in [0, 0.05) is 29.1 Å². The molecule has 0 saturated carbocycles. The number of rotatable bonds is 4. The molecular formula is C22H17FN4O4. The van der Waals surface area contributed by atoms with E-state index < -0.39 is 5.82 Å². The third kappa shape index (κ3) is 3.55. The molecule has 0 saturated heterocycles. The van der Waals surface area contributed by atoms with E-state index in [1.807, 2.05) is 13.0 Å². The summed E-state index contributed by atoms with van der Waals surface area (Å²) in [7, 11) is 0. The number of carbonyl (C=O) groups is 1. The molecule has 0 aliphatic carbocycles. The Morgan fingerprint density at radius 3 is 3.03 bits per heavy atom. The van der Waals surface area contributed by atoms with E-state index in [0.717, 1.165) is 5.56 Å². The van der Waals surface area contributed by atoms with Gasteiger partial charge in [-0.3, -0.25) is 4.79 Å². The molecule has 0 radical (unpaired) electrons. The standard InChI is InChI=1S/C22H17FN4O4/c1-13-7-8-27-20(13)22(24-11-25-27)31-19-6-5-14(9-17(19)23)26-21(28)15-3-2-4-18-16(15)10-29-12-30-18/h2-9,11H,10,12H2,1H3,(H,26,28). The van der Waals surface area contributed by atoms with Gasteiger partial charge in [-0.15, -0.1) is 0 Å². The molecule has 0 unspecified atom stereocenters. The molecule has 1 amide bonds. The summed E-state index contributed by atoms with van der Waals surface area (Å²) in [6, 6.07) is 11.2. The van der Waals surface area contributed by atoms with Crippen LogP contribution in [-0.4, -0.2) is 27.3 Å². The lowest BCUT2D eigenvalue weighted by atomic mass is 10.1. The van der Waals surface area contributed by atoms with Gasteiger partial charge in [0.25, 0.3) is 5.91 Å². The number of hydrogen-bond donors (Lipinski definition) is 1. The van der Waals surface area contributed by atoms with E-state index in [2.05, 4.69) is 15.4 Å². The first-order chi connectivity index (χ1) is 15.1. The fraction of sp³-hybridized carbons (Fsp3) is 0.136. The molecule has 3 heterocycles. The predicted molar refractivity (Wildman–Crippen MR) is 109 cm³/mol. The average molecular weight is 420 g/mol. The summed E-state index contributed by atoms with van der Waals surface area (Å²) in [4.78, 5) is 16.8. The van der Waals surface area contributed by atoms with Crippen molar-refractivity contribution in [3.05, 3.63) is 77.5 Å². The number of nitrogens with one attached hydrogen (secondary N) is 1. The summed E-state index contributed by atoms with van der Waals surface area (Å²) >= 11 is 0. The minimum absolute atomic E-state index is 0.0157. The van der Waals surface area contributed by atoms with Gasteiger partial charge in [-0.05, 0) is 42.8 Å². The Labute approximate surface area is 176 Å². The number of anilines is 1. The second-order valence-electron chi connectivity index (χ2n) is 6.95. The molecule has 1 aliphatic heterocycles. The van der Waals surface area contributed by atoms with Gasteiger partial charge in [0.15, 0.2) is 18.4 Å². The fourth-order valence-corrected chi connectivity index (χ4v) is 3.42. The zero-order valence-corrected chi connectivity index (χ0v) is 16.5. The molecule has 2 aromatic carbocycles. The number of hydrogen-bond acceptors (Lipinski definition) is 6. The Balaban J connectivity index is 1.38. The van der Waals surface area contributed by atoms with Crippen molar-refractivity contribution in [1.29, 1.82) is 0 Å². The van der Waals surface area contributed by atoms with E-state index in [0.29, 0.717) is 22.4 Å². The van der Waals surface area contributed by atoms with Crippen LogP contribution < -0.4 is 14.8 Å². The van der Waals surface area contributed by atoms with Crippen LogP contribution in [-0.2, 0) is 11.3 Å². The first kappa shape index (κ1) is 19.0. The number of carbonyl (C=O) groups excluding carboxylic acids is 1. The number of amides is 1. The van der Waals surface area contributed by atoms with Crippen molar-refractivity contribution < 1.29 is 23.4 Å². The lowest BCUT2D eigenvalue weighted by Gasteiger charge is -2.20. The molecular weight excluding hydrogens is 403 g/mol. The van der Waals surface area contributed by atoms with Crippen LogP contribution in [0.25, 0.3) is 5.52 Å². The Kier molecular flexibility index (Phi) is 4.72. The third-order valence-corrected chi connectivity index (χ3v) is 4.94. The highest BCUT2D eigenvalue weighted by Gasteiger charge is 2.20. The lowest BCUT2D eigenvalue weighted by Crippen LogP contribution is -2.19. The molecule has 1 aliphatic rings. The zero-order chi connectivity index (χ0) is 21.4. The molecule has 156 valence electrons. The van der Waals surface area contributed by atoms with Gasteiger partial charge in [0.2, 0.25) is 5.88 Å². The van der Waals surface area contributed by atoms with Crippen molar-refractivity contribution in [2.75, 3.05) is 12.1 Å². The highest BCUT2D eigenvalue weighted by molar-refractivity contribution is 6.05. The molecule has 31 heavy (non-hydrogen) atoms. The summed E-state index contributed by atoms with van der Waals surface area (Å²) in [6.07, 6.45) is 3.11. The minimum atomic E-state index is -0.638. The molecule has 0 spiro atoms. The van der Waals surface area contributed by atoms with Gasteiger partial charge in [0.05, 0.1) is 6.61 Å². The number of halogens is 1. The molecule has 8 nitrogen and oxygen atoms in total. The highest BCUT2D eigenvalue weighted by Crippen LogP contribution is 2.30. The molecule has 2 aromatic heterocycles. The van der Waals surface area contributed by atoms with Gasteiger partial charge in [-0.25, -0.2) is 8.91 Å². The van der Waals surface area contributed by atoms with Crippen LogP contribution in [0.3, 0.4) is 0 Å². The van der Waals surface area contributed by atoms with Gasteiger partial charge < -0.3 is 19.5 Å². The second-order valence-corrected chi connectivity index (χ2v) is 6.95. The number of benzene rings is 2. The van der Waals surface area contributed by atoms with Crippen molar-refractivity contribution >= 4 is 17.1 Å². The lowest BCUT2D eigenvalue weighted by molar-refractivity contribution is -0.0167. The largest absolute Gasteiger partial charge is 0.467 e. The average Bonchev–Trinajstić information content (AvgIpc) is 3.17. The number of ether oxygens (including phenoxy) is 3. The van der Waals surface area contributed by atoms with Crippen LogP contribution in [0.15, 0.2) is 55.0 Å². The van der Waals surface area contributed by atoms with E-state index >= 15 is 0 Å². The topological polar surface area (TPSA) is 87.0 Å². The van der Waals surface area contributed by atoms with Crippen molar-refractivity contribution in [3.8, 4) is 17.4 Å². The number of aryl methyl sites for hydroxylation is 1. The van der Waals surface area contributed by atoms with Crippen LogP contribution >= 0.6 is 0 Å². The molecule has 0 atom stereocenters. The van der Waals surface area contributed by atoms with Crippen LogP contribution in [0.2, 0.25) is 0 Å². The summed E-state index contributed by atoms with van der Waals surface area (Å²) in [5.74, 6) is -0.200. The summed E-state index contributed by atoms with van der Waals surface area (Å²) < 4.78 is 32.7. The second kappa shape index (κ2) is 7.69. The molecule has 0 bridgehead atoms. The maximum atomic E-state index is 14.7. The quantitative estimate of drug-likeness (QED) is 0.535. The minimum Gasteiger partial charge on any atom is -0.467 e. The van der Waals surface area contributed by atoms with E-state index in [1.165, 1.54) is 18.5 Å². The Bertz CT molecular complexity index is 1300. The molecule has 1 N–H and O–H groups in total. The predicted octanol–water partition coefficient (Wildman–Crippen LogP) is 4.09. The first-order valence-corrected chi connectivity index (χ1v) is 9.50. The van der Waals surface area contributed by atoms with Crippen LogP contribution in [0.5, 0.6) is 17.4 Å². The van der Waals surface area contributed by atoms with E-state index in [1.54, 1.807) is 35.0 Å². The van der Waals surface area contributed by atoms with Crippen molar-refractivity contribution in [1.82, 2.24) is 14.6 Å². The van der Waals surface area contributed by atoms with Crippen molar-refractivity contribution in [3.63, 3.8) is 0 Å². The number of nitrogens with zero attached hydrogens (tertiary/aromatic N) is 3. The number of fused-ring (bicyclic) bond motifs is 2. The summed E-state index contributed by atoms with van der Waals surface area (Å²) in [5.41, 5.74) is 2.90. The Hall–Kier alpha value is -3.98. The van der Waals surface area contributed by atoms with Crippen molar-refractivity contribution in [2.24, 2.45) is 0 Å². The maximum Gasteiger partial charge on any atom is 0.256 e. The van der Waals surface area contributed by atoms with Gasteiger partial charge in [-0.2, -0.15) is 10.1 Å². The summed E-state index contributed by atoms with van der Waals surface area (Å²) in [5, 5.41) is 6.80. The van der Waals surface area contributed by atoms with Gasteiger partial charge in [0.1, 0.15) is 17.6 Å². The Morgan fingerprint density at radius 2 is 2.16 bits per heavy atom. The van der Waals surface area contributed by atoms with Crippen LogP contribution in [0, 0.1) is 12.7 Å². The smallest absolute Gasteiger partial charge is 0.256 e. The van der Waals surface area contributed by atoms with E-state index in [9.17, 15) is 9.18 Å². The molecule has 4 aromatic rings. The normalized spacial score (nSPS) is 12.8. The van der Waals surface area contributed by atoms with Crippen LogP contribution in [0.4, 0.5) is 10.1 Å². The molecule has 5 rings (SSSR count). The molecule has 0 fully saturated rings. The van der Waals surface area contributed by atoms with Crippen LogP contribution in [0.1, 0.15) is 21.5 Å². The third-order valence-electron chi connectivity index (χ3n) is 4.94. The zero-order valence-electron chi connectivity index (χ0n) is 16.5. The first-order valence-electron chi connectivity index (χ1n) is 9.50. The monoisotopic (exact) mass is 420 g/mol. The number of aromatic nitrogens is 3. The summed E-state index contributed by atoms with van der Waals surface area (Å²) in [6.45, 7) is 2.30. The highest BCUT2D eigenvalue weighted by atomic mass is 19.1. The van der Waals surface area contributed by atoms with E-state index in [4.69, 9.17) is 14.2 Å². The van der Waals surface area contributed by atoms with E-state index in [-0.39, 0.29) is 36.6 Å². The van der Waals surface area contributed by atoms with Crippen molar-refractivity contribution in [2.45, 2.75) is 13.5 Å². The SMILES string of the molecule is Cc1ccn2ncnc(Oc3ccc(NC(=O)c4cccc5c4COCO5)cc3F)c12.